The third-order valence-electron chi connectivity index (χ3n) is 3.68. The van der Waals surface area contributed by atoms with Gasteiger partial charge >= 0.3 is 0 Å². The van der Waals surface area contributed by atoms with Crippen molar-refractivity contribution >= 4 is 11.8 Å². The Morgan fingerprint density at radius 1 is 0.880 bits per heavy atom. The maximum atomic E-state index is 12.1. The first-order valence-corrected chi connectivity index (χ1v) is 8.55. The van der Waals surface area contributed by atoms with Crippen molar-refractivity contribution in [3.8, 4) is 0 Å². The first-order valence-electron chi connectivity index (χ1n) is 8.55. The topological polar surface area (TPSA) is 58.2 Å². The fourth-order valence-electron chi connectivity index (χ4n) is 2.38. The van der Waals surface area contributed by atoms with Gasteiger partial charge in [0.1, 0.15) is 0 Å². The highest BCUT2D eigenvalue weighted by Gasteiger charge is 2.15. The minimum atomic E-state index is -0.261. The van der Waals surface area contributed by atoms with Crippen molar-refractivity contribution in [3.63, 3.8) is 0 Å². The molecular formula is C21H26N2O2. The number of amides is 2. The van der Waals surface area contributed by atoms with Crippen LogP contribution in [0, 0.1) is 0 Å². The summed E-state index contributed by atoms with van der Waals surface area (Å²) < 4.78 is 0. The Hall–Kier alpha value is -2.62. The van der Waals surface area contributed by atoms with Gasteiger partial charge in [-0.15, -0.1) is 0 Å². The molecule has 0 aliphatic rings. The van der Waals surface area contributed by atoms with E-state index in [1.165, 1.54) is 0 Å². The minimum absolute atomic E-state index is 0.0263. The van der Waals surface area contributed by atoms with E-state index in [4.69, 9.17) is 0 Å². The molecule has 25 heavy (non-hydrogen) atoms. The van der Waals surface area contributed by atoms with Crippen LogP contribution in [0.5, 0.6) is 0 Å². The molecule has 4 nitrogen and oxygen atoms in total. The van der Waals surface area contributed by atoms with Gasteiger partial charge in [0.2, 0.25) is 5.91 Å². The van der Waals surface area contributed by atoms with E-state index >= 15 is 0 Å². The summed E-state index contributed by atoms with van der Waals surface area (Å²) in [7, 11) is 0. The summed E-state index contributed by atoms with van der Waals surface area (Å²) in [6.07, 6.45) is 1.20. The molecule has 0 heterocycles. The molecule has 4 heteroatoms. The molecule has 2 N–H and O–H groups in total. The van der Waals surface area contributed by atoms with Crippen LogP contribution >= 0.6 is 0 Å². The summed E-state index contributed by atoms with van der Waals surface area (Å²) in [6, 6.07) is 17.3. The van der Waals surface area contributed by atoms with E-state index in [2.05, 4.69) is 10.6 Å². The second-order valence-corrected chi connectivity index (χ2v) is 7.16. The summed E-state index contributed by atoms with van der Waals surface area (Å²) in [5.74, 6) is -0.0654. The first kappa shape index (κ1) is 18.7. The lowest BCUT2D eigenvalue weighted by Crippen LogP contribution is -2.40. The Labute approximate surface area is 149 Å². The summed E-state index contributed by atoms with van der Waals surface area (Å²) >= 11 is 0. The standard InChI is InChI=1S/C21H26N2O2/c1-21(2,3)23-20(25)18-12-9-17(10-13-18)15-22-19(24)14-11-16-7-5-4-6-8-16/h4-10,12-13H,11,14-15H2,1-3H3,(H,22,24)(H,23,25). The van der Waals surface area contributed by atoms with Gasteiger partial charge in [0.25, 0.3) is 5.91 Å². The van der Waals surface area contributed by atoms with Crippen LogP contribution < -0.4 is 10.6 Å². The van der Waals surface area contributed by atoms with Gasteiger partial charge < -0.3 is 10.6 Å². The number of hydrogen-bond donors (Lipinski definition) is 2. The molecule has 0 saturated heterocycles. The Morgan fingerprint density at radius 3 is 2.12 bits per heavy atom. The van der Waals surface area contributed by atoms with Crippen molar-refractivity contribution in [1.29, 1.82) is 0 Å². The van der Waals surface area contributed by atoms with Gasteiger partial charge in [0.15, 0.2) is 0 Å². The molecule has 0 aromatic heterocycles. The van der Waals surface area contributed by atoms with Gasteiger partial charge in [-0.05, 0) is 50.5 Å². The van der Waals surface area contributed by atoms with Crippen molar-refractivity contribution in [2.24, 2.45) is 0 Å². The maximum Gasteiger partial charge on any atom is 0.251 e. The summed E-state index contributed by atoms with van der Waals surface area (Å²) in [5, 5.41) is 5.85. The Balaban J connectivity index is 1.79. The molecule has 2 amide bonds. The lowest BCUT2D eigenvalue weighted by atomic mass is 10.1. The smallest absolute Gasteiger partial charge is 0.251 e. The number of carbonyl (C=O) groups excluding carboxylic acids is 2. The molecular weight excluding hydrogens is 312 g/mol. The van der Waals surface area contributed by atoms with E-state index in [9.17, 15) is 9.59 Å². The Bertz CT molecular complexity index is 701. The zero-order chi connectivity index (χ0) is 18.3. The summed E-state index contributed by atoms with van der Waals surface area (Å²) in [4.78, 5) is 24.0. The lowest BCUT2D eigenvalue weighted by Gasteiger charge is -2.20. The fraction of sp³-hybridized carbons (Fsp3) is 0.333. The molecule has 0 radical (unpaired) electrons. The average Bonchev–Trinajstić information content (AvgIpc) is 2.58. The van der Waals surface area contributed by atoms with Crippen molar-refractivity contribution in [1.82, 2.24) is 10.6 Å². The molecule has 132 valence electrons. The number of hydrogen-bond acceptors (Lipinski definition) is 2. The van der Waals surface area contributed by atoms with Crippen LogP contribution in [0.4, 0.5) is 0 Å². The molecule has 0 spiro atoms. The van der Waals surface area contributed by atoms with Gasteiger partial charge in [-0.2, -0.15) is 0 Å². The van der Waals surface area contributed by atoms with E-state index in [0.717, 1.165) is 17.5 Å². The molecule has 0 saturated carbocycles. The van der Waals surface area contributed by atoms with Gasteiger partial charge in [-0.1, -0.05) is 42.5 Å². The number of carbonyl (C=O) groups is 2. The number of aryl methyl sites for hydroxylation is 1. The second-order valence-electron chi connectivity index (χ2n) is 7.16. The Kier molecular flexibility index (Phi) is 6.34. The van der Waals surface area contributed by atoms with Crippen LogP contribution in [-0.4, -0.2) is 17.4 Å². The molecule has 0 bridgehead atoms. The summed E-state index contributed by atoms with van der Waals surface area (Å²) in [6.45, 7) is 6.31. The zero-order valence-corrected chi connectivity index (χ0v) is 15.1. The normalized spacial score (nSPS) is 11.0. The van der Waals surface area contributed by atoms with Crippen LogP contribution in [0.15, 0.2) is 54.6 Å². The predicted octanol–water partition coefficient (Wildman–Crippen LogP) is 3.46. The second kappa shape index (κ2) is 8.47. The van der Waals surface area contributed by atoms with E-state index in [-0.39, 0.29) is 17.4 Å². The molecule has 0 aliphatic heterocycles. The van der Waals surface area contributed by atoms with Crippen LogP contribution in [0.2, 0.25) is 0 Å². The van der Waals surface area contributed by atoms with E-state index < -0.39 is 0 Å². The highest BCUT2D eigenvalue weighted by Crippen LogP contribution is 2.08. The monoisotopic (exact) mass is 338 g/mol. The van der Waals surface area contributed by atoms with E-state index in [1.807, 2.05) is 63.2 Å². The maximum absolute atomic E-state index is 12.1. The van der Waals surface area contributed by atoms with E-state index in [0.29, 0.717) is 18.5 Å². The van der Waals surface area contributed by atoms with E-state index in [1.54, 1.807) is 12.1 Å². The summed E-state index contributed by atoms with van der Waals surface area (Å²) in [5.41, 5.74) is 2.49. The highest BCUT2D eigenvalue weighted by atomic mass is 16.2. The third kappa shape index (κ3) is 6.79. The van der Waals surface area contributed by atoms with Gasteiger partial charge in [-0.25, -0.2) is 0 Å². The van der Waals surface area contributed by atoms with Crippen LogP contribution in [0.3, 0.4) is 0 Å². The van der Waals surface area contributed by atoms with Crippen molar-refractivity contribution in [3.05, 3.63) is 71.3 Å². The number of rotatable bonds is 6. The van der Waals surface area contributed by atoms with Gasteiger partial charge in [0.05, 0.1) is 0 Å². The molecule has 0 fully saturated rings. The molecule has 0 atom stereocenters. The lowest BCUT2D eigenvalue weighted by molar-refractivity contribution is -0.121. The third-order valence-corrected chi connectivity index (χ3v) is 3.68. The van der Waals surface area contributed by atoms with Crippen LogP contribution in [0.25, 0.3) is 0 Å². The van der Waals surface area contributed by atoms with Crippen LogP contribution in [0.1, 0.15) is 48.7 Å². The van der Waals surface area contributed by atoms with Gasteiger partial charge in [-0.3, -0.25) is 9.59 Å². The largest absolute Gasteiger partial charge is 0.352 e. The van der Waals surface area contributed by atoms with Crippen molar-refractivity contribution in [2.75, 3.05) is 0 Å². The predicted molar refractivity (Wildman–Crippen MR) is 100 cm³/mol. The average molecular weight is 338 g/mol. The molecule has 2 rings (SSSR count). The number of nitrogens with one attached hydrogen (secondary N) is 2. The fourth-order valence-corrected chi connectivity index (χ4v) is 2.38. The molecule has 2 aromatic carbocycles. The number of benzene rings is 2. The molecule has 0 aliphatic carbocycles. The van der Waals surface area contributed by atoms with Crippen LogP contribution in [-0.2, 0) is 17.8 Å². The minimum Gasteiger partial charge on any atom is -0.352 e. The Morgan fingerprint density at radius 2 is 1.52 bits per heavy atom. The quantitative estimate of drug-likeness (QED) is 0.847. The molecule has 2 aromatic rings. The SMILES string of the molecule is CC(C)(C)NC(=O)c1ccc(CNC(=O)CCc2ccccc2)cc1. The van der Waals surface area contributed by atoms with Crippen molar-refractivity contribution in [2.45, 2.75) is 45.7 Å². The first-order chi connectivity index (χ1) is 11.8. The van der Waals surface area contributed by atoms with Gasteiger partial charge in [0, 0.05) is 24.1 Å². The van der Waals surface area contributed by atoms with Crippen molar-refractivity contribution < 1.29 is 9.59 Å². The highest BCUT2D eigenvalue weighted by molar-refractivity contribution is 5.94. The zero-order valence-electron chi connectivity index (χ0n) is 15.1. The molecule has 0 unspecified atom stereocenters.